The Hall–Kier alpha value is -1.58. The summed E-state index contributed by atoms with van der Waals surface area (Å²) in [4.78, 5) is 33.4. The molecule has 22 heavy (non-hydrogen) atoms. The highest BCUT2D eigenvalue weighted by molar-refractivity contribution is 6.01. The summed E-state index contributed by atoms with van der Waals surface area (Å²) in [6.07, 6.45) is -0.414. The molecule has 0 atom stereocenters. The molecule has 9 nitrogen and oxygen atoms in total. The second kappa shape index (κ2) is 11.0. The van der Waals surface area contributed by atoms with Crippen molar-refractivity contribution in [3.05, 3.63) is 0 Å². The predicted octanol–water partition coefficient (Wildman–Crippen LogP) is -0.611. The van der Waals surface area contributed by atoms with Crippen LogP contribution in [-0.2, 0) is 9.53 Å². The number of ether oxygens (including phenoxy) is 1. The third-order valence-corrected chi connectivity index (χ3v) is 2.10. The zero-order chi connectivity index (χ0) is 16.5. The van der Waals surface area contributed by atoms with Gasteiger partial charge in [-0.05, 0) is 20.8 Å². The monoisotopic (exact) mass is 339 g/mol. The number of hydrogen-bond acceptors (Lipinski definition) is 6. The number of halogens is 1. The molecule has 1 saturated heterocycles. The fourth-order valence-electron chi connectivity index (χ4n) is 1.30. The molecule has 0 unspecified atom stereocenters. The summed E-state index contributed by atoms with van der Waals surface area (Å²) in [5.74, 6) is -0.199. The average molecular weight is 340 g/mol. The van der Waals surface area contributed by atoms with E-state index < -0.39 is 11.7 Å². The van der Waals surface area contributed by atoms with Gasteiger partial charge in [0.25, 0.3) is 0 Å². The van der Waals surface area contributed by atoms with Crippen molar-refractivity contribution in [1.82, 2.24) is 15.5 Å². The second-order valence-corrected chi connectivity index (χ2v) is 5.21. The van der Waals surface area contributed by atoms with Crippen LogP contribution >= 0.6 is 12.4 Å². The minimum absolute atomic E-state index is 0. The first-order valence-electron chi connectivity index (χ1n) is 6.66. The van der Waals surface area contributed by atoms with E-state index in [-0.39, 0.29) is 30.9 Å². The van der Waals surface area contributed by atoms with Crippen LogP contribution in [0.15, 0.2) is 0 Å². The van der Waals surface area contributed by atoms with E-state index in [0.717, 1.165) is 4.90 Å². The lowest BCUT2D eigenvalue weighted by molar-refractivity contribution is -0.124. The van der Waals surface area contributed by atoms with Gasteiger partial charge in [0.1, 0.15) is 5.60 Å². The summed E-state index contributed by atoms with van der Waals surface area (Å²) in [5, 5.41) is 4.89. The van der Waals surface area contributed by atoms with E-state index in [9.17, 15) is 14.4 Å². The van der Waals surface area contributed by atoms with Crippen molar-refractivity contribution in [3.63, 3.8) is 0 Å². The number of rotatable bonds is 4. The Bertz CT molecular complexity index is 357. The first-order valence-corrected chi connectivity index (χ1v) is 6.66. The average Bonchev–Trinajstić information content (AvgIpc) is 2.67. The highest BCUT2D eigenvalue weighted by Gasteiger charge is 2.26. The van der Waals surface area contributed by atoms with Crippen LogP contribution in [0.5, 0.6) is 0 Å². The zero-order valence-corrected chi connectivity index (χ0v) is 14.0. The molecule has 0 aromatic heterocycles. The molecular formula is C12H26ClN5O4. The van der Waals surface area contributed by atoms with Gasteiger partial charge in [0.15, 0.2) is 0 Å². The third kappa shape index (κ3) is 10.2. The van der Waals surface area contributed by atoms with E-state index in [2.05, 4.69) is 10.6 Å². The molecule has 6 N–H and O–H groups in total. The molecule has 0 aromatic rings. The van der Waals surface area contributed by atoms with Gasteiger partial charge >= 0.3 is 12.1 Å². The van der Waals surface area contributed by atoms with Gasteiger partial charge in [-0.2, -0.15) is 0 Å². The Labute approximate surface area is 136 Å². The van der Waals surface area contributed by atoms with Gasteiger partial charge < -0.3 is 26.8 Å². The zero-order valence-electron chi connectivity index (χ0n) is 13.2. The van der Waals surface area contributed by atoms with Crippen LogP contribution in [0, 0.1) is 0 Å². The van der Waals surface area contributed by atoms with E-state index in [4.69, 9.17) is 16.2 Å². The maximum absolute atomic E-state index is 10.8. The molecule has 0 radical (unpaired) electrons. The van der Waals surface area contributed by atoms with Crippen LogP contribution < -0.4 is 22.1 Å². The fraction of sp³-hybridized carbons (Fsp3) is 0.750. The molecule has 1 aliphatic rings. The maximum Gasteiger partial charge on any atom is 0.407 e. The van der Waals surface area contributed by atoms with Gasteiger partial charge in [-0.15, -0.1) is 12.4 Å². The van der Waals surface area contributed by atoms with Crippen LogP contribution in [0.2, 0.25) is 0 Å². The Balaban J connectivity index is 0. The van der Waals surface area contributed by atoms with Crippen molar-refractivity contribution in [2.24, 2.45) is 11.5 Å². The van der Waals surface area contributed by atoms with Crippen molar-refractivity contribution in [2.75, 3.05) is 32.7 Å². The van der Waals surface area contributed by atoms with Crippen LogP contribution in [0.1, 0.15) is 20.8 Å². The summed E-state index contributed by atoms with van der Waals surface area (Å²) >= 11 is 0. The number of alkyl carbamates (subject to hydrolysis) is 1. The van der Waals surface area contributed by atoms with Crippen LogP contribution in [0.4, 0.5) is 9.59 Å². The molecule has 1 rings (SSSR count). The van der Waals surface area contributed by atoms with Crippen LogP contribution in [0.25, 0.3) is 0 Å². The number of nitrogens with two attached hydrogens (primary N) is 2. The summed E-state index contributed by atoms with van der Waals surface area (Å²) in [6, 6.07) is -0.338. The van der Waals surface area contributed by atoms with E-state index >= 15 is 0 Å². The molecule has 0 bridgehead atoms. The van der Waals surface area contributed by atoms with Crippen LogP contribution in [-0.4, -0.2) is 61.3 Å². The number of carbonyl (C=O) groups excluding carboxylic acids is 3. The number of carbonyl (C=O) groups is 3. The van der Waals surface area contributed by atoms with Gasteiger partial charge in [0.05, 0.1) is 6.54 Å². The number of nitrogens with zero attached hydrogens (tertiary/aromatic N) is 1. The molecule has 1 fully saturated rings. The van der Waals surface area contributed by atoms with Crippen molar-refractivity contribution < 1.29 is 19.1 Å². The molecule has 0 aliphatic carbocycles. The summed E-state index contributed by atoms with van der Waals surface area (Å²) in [7, 11) is 0. The molecule has 0 spiro atoms. The van der Waals surface area contributed by atoms with Gasteiger partial charge in [-0.1, -0.05) is 0 Å². The van der Waals surface area contributed by atoms with Crippen molar-refractivity contribution >= 4 is 30.4 Å². The quantitative estimate of drug-likeness (QED) is 0.504. The topological polar surface area (TPSA) is 140 Å². The van der Waals surface area contributed by atoms with Crippen molar-refractivity contribution in [2.45, 2.75) is 26.4 Å². The smallest absolute Gasteiger partial charge is 0.407 e. The Morgan fingerprint density at radius 3 is 2.27 bits per heavy atom. The van der Waals surface area contributed by atoms with Crippen molar-refractivity contribution in [1.29, 1.82) is 0 Å². The lowest BCUT2D eigenvalue weighted by Gasteiger charge is -2.19. The normalized spacial score (nSPS) is 13.6. The number of urea groups is 1. The summed E-state index contributed by atoms with van der Waals surface area (Å²) in [6.45, 7) is 7.07. The third-order valence-electron chi connectivity index (χ3n) is 2.10. The summed E-state index contributed by atoms with van der Waals surface area (Å²) in [5.41, 5.74) is 9.90. The fourth-order valence-corrected chi connectivity index (χ4v) is 1.30. The molecule has 0 aromatic carbocycles. The number of hydrogen-bond donors (Lipinski definition) is 4. The first-order chi connectivity index (χ1) is 9.71. The minimum atomic E-state index is -0.432. The molecule has 0 saturated carbocycles. The number of amides is 4. The lowest BCUT2D eigenvalue weighted by Crippen LogP contribution is -2.35. The van der Waals surface area contributed by atoms with E-state index in [1.807, 2.05) is 20.8 Å². The second-order valence-electron chi connectivity index (χ2n) is 5.21. The van der Waals surface area contributed by atoms with E-state index in [1.165, 1.54) is 0 Å². The Morgan fingerprint density at radius 1 is 1.32 bits per heavy atom. The predicted molar refractivity (Wildman–Crippen MR) is 84.7 cm³/mol. The van der Waals surface area contributed by atoms with Crippen LogP contribution in [0.3, 0.4) is 0 Å². The van der Waals surface area contributed by atoms with E-state index in [0.29, 0.717) is 26.2 Å². The van der Waals surface area contributed by atoms with Gasteiger partial charge in [-0.25, -0.2) is 9.59 Å². The molecule has 4 amide bonds. The Morgan fingerprint density at radius 2 is 1.91 bits per heavy atom. The summed E-state index contributed by atoms with van der Waals surface area (Å²) < 4.78 is 4.93. The van der Waals surface area contributed by atoms with E-state index in [1.54, 1.807) is 0 Å². The van der Waals surface area contributed by atoms with Gasteiger partial charge in [-0.3, -0.25) is 9.69 Å². The number of nitrogens with one attached hydrogen (secondary N) is 2. The first kappa shape index (κ1) is 22.7. The molecular weight excluding hydrogens is 314 g/mol. The largest absolute Gasteiger partial charge is 0.444 e. The highest BCUT2D eigenvalue weighted by Crippen LogP contribution is 2.05. The SMILES string of the molecule is CC(C)(C)OC(=O)NCCN.Cl.NCCN1C(=O)CNC1=O. The van der Waals surface area contributed by atoms with Gasteiger partial charge in [0.2, 0.25) is 5.91 Å². The minimum Gasteiger partial charge on any atom is -0.444 e. The lowest BCUT2D eigenvalue weighted by atomic mass is 10.2. The van der Waals surface area contributed by atoms with Crippen molar-refractivity contribution in [3.8, 4) is 0 Å². The molecule has 130 valence electrons. The molecule has 1 aliphatic heterocycles. The number of imide groups is 1. The standard InChI is InChI=1S/C7H16N2O2.C5H9N3O2.ClH/c1-7(2,3)11-6(10)9-5-4-8;6-1-2-8-4(9)3-7-5(8)10;/h4-5,8H2,1-3H3,(H,9,10);1-3,6H2,(H,7,10);1H. The van der Waals surface area contributed by atoms with Gasteiger partial charge in [0, 0.05) is 26.2 Å². The molecule has 10 heteroatoms. The Kier molecular flexibility index (Phi) is 11.4. The highest BCUT2D eigenvalue weighted by atomic mass is 35.5. The maximum atomic E-state index is 10.8. The molecule has 1 heterocycles.